The highest BCUT2D eigenvalue weighted by Gasteiger charge is 2.19. The predicted molar refractivity (Wildman–Crippen MR) is 92.4 cm³/mol. The Bertz CT molecular complexity index is 485. The number of rotatable bonds is 4. The largest absolute Gasteiger partial charge is 0.393 e. The zero-order valence-electron chi connectivity index (χ0n) is 14.1. The summed E-state index contributed by atoms with van der Waals surface area (Å²) in [5.74, 6) is 0.985. The van der Waals surface area contributed by atoms with E-state index in [9.17, 15) is 5.11 Å². The minimum Gasteiger partial charge on any atom is -0.393 e. The molecule has 1 aliphatic rings. The van der Waals surface area contributed by atoms with Crippen LogP contribution in [0, 0.1) is 13.8 Å². The third-order valence-corrected chi connectivity index (χ3v) is 4.04. The van der Waals surface area contributed by atoms with Gasteiger partial charge in [-0.15, -0.1) is 0 Å². The van der Waals surface area contributed by atoms with Crippen molar-refractivity contribution < 1.29 is 5.11 Å². The minimum atomic E-state index is -0.144. The summed E-state index contributed by atoms with van der Waals surface area (Å²) in [6.45, 7) is 9.82. The molecule has 1 aromatic carbocycles. The summed E-state index contributed by atoms with van der Waals surface area (Å²) in [4.78, 5) is 7.03. The second-order valence-corrected chi connectivity index (χ2v) is 6.20. The number of benzene rings is 1. The first-order chi connectivity index (χ1) is 10.6. The summed E-state index contributed by atoms with van der Waals surface area (Å²) >= 11 is 0. The number of guanidine groups is 1. The molecule has 2 rings (SSSR count). The maximum atomic E-state index is 9.63. The lowest BCUT2D eigenvalue weighted by Gasteiger charge is -2.32. The molecule has 0 bridgehead atoms. The fraction of sp³-hybridized carbons (Fsp3) is 0.611. The molecule has 0 atom stereocenters. The van der Waals surface area contributed by atoms with E-state index in [2.05, 4.69) is 49.2 Å². The Morgan fingerprint density at radius 3 is 2.45 bits per heavy atom. The SMILES string of the molecule is CCNC(=NCCc1cc(C)cc(C)c1)N1CCC(O)CC1. The van der Waals surface area contributed by atoms with Gasteiger partial charge in [-0.3, -0.25) is 4.99 Å². The van der Waals surface area contributed by atoms with E-state index in [4.69, 9.17) is 4.99 Å². The lowest BCUT2D eigenvalue weighted by Crippen LogP contribution is -2.46. The summed E-state index contributed by atoms with van der Waals surface area (Å²) in [6, 6.07) is 6.69. The van der Waals surface area contributed by atoms with Crippen LogP contribution in [0.2, 0.25) is 0 Å². The number of piperidine rings is 1. The van der Waals surface area contributed by atoms with Crippen LogP contribution in [-0.4, -0.2) is 48.2 Å². The average molecular weight is 303 g/mol. The monoisotopic (exact) mass is 303 g/mol. The van der Waals surface area contributed by atoms with Crippen molar-refractivity contribution >= 4 is 5.96 Å². The Morgan fingerprint density at radius 1 is 1.23 bits per heavy atom. The Morgan fingerprint density at radius 2 is 1.86 bits per heavy atom. The number of hydrogen-bond acceptors (Lipinski definition) is 2. The molecule has 0 unspecified atom stereocenters. The summed E-state index contributed by atoms with van der Waals surface area (Å²) in [6.07, 6.45) is 2.49. The third kappa shape index (κ3) is 5.02. The van der Waals surface area contributed by atoms with Crippen molar-refractivity contribution in [3.63, 3.8) is 0 Å². The van der Waals surface area contributed by atoms with E-state index in [1.54, 1.807) is 0 Å². The second kappa shape index (κ2) is 8.18. The number of aryl methyl sites for hydroxylation is 2. The molecule has 0 saturated carbocycles. The first-order valence-corrected chi connectivity index (χ1v) is 8.37. The number of likely N-dealkylation sites (tertiary alicyclic amines) is 1. The number of aliphatic hydroxyl groups excluding tert-OH is 1. The maximum Gasteiger partial charge on any atom is 0.193 e. The normalized spacial score (nSPS) is 16.9. The second-order valence-electron chi connectivity index (χ2n) is 6.20. The molecule has 0 aromatic heterocycles. The van der Waals surface area contributed by atoms with E-state index in [0.29, 0.717) is 0 Å². The van der Waals surface area contributed by atoms with Gasteiger partial charge in [0.25, 0.3) is 0 Å². The molecule has 22 heavy (non-hydrogen) atoms. The Kier molecular flexibility index (Phi) is 6.25. The lowest BCUT2D eigenvalue weighted by atomic mass is 10.1. The van der Waals surface area contributed by atoms with E-state index in [1.807, 2.05) is 0 Å². The third-order valence-electron chi connectivity index (χ3n) is 4.04. The molecule has 4 nitrogen and oxygen atoms in total. The Hall–Kier alpha value is -1.55. The fourth-order valence-electron chi connectivity index (χ4n) is 3.01. The van der Waals surface area contributed by atoms with Gasteiger partial charge in [0.15, 0.2) is 5.96 Å². The van der Waals surface area contributed by atoms with Gasteiger partial charge in [0, 0.05) is 26.2 Å². The van der Waals surface area contributed by atoms with Crippen LogP contribution in [0.15, 0.2) is 23.2 Å². The Balaban J connectivity index is 1.95. The molecule has 0 aliphatic carbocycles. The highest BCUT2D eigenvalue weighted by Crippen LogP contribution is 2.11. The first kappa shape index (κ1) is 16.8. The molecule has 2 N–H and O–H groups in total. The van der Waals surface area contributed by atoms with Gasteiger partial charge in [0.05, 0.1) is 6.10 Å². The zero-order chi connectivity index (χ0) is 15.9. The van der Waals surface area contributed by atoms with Gasteiger partial charge in [-0.05, 0) is 45.6 Å². The summed E-state index contributed by atoms with van der Waals surface area (Å²) < 4.78 is 0. The summed E-state index contributed by atoms with van der Waals surface area (Å²) in [5.41, 5.74) is 3.98. The standard InChI is InChI=1S/C18H29N3O/c1-4-19-18(21-9-6-17(22)7-10-21)20-8-5-16-12-14(2)11-15(3)13-16/h11-13,17,22H,4-10H2,1-3H3,(H,19,20). The van der Waals surface area contributed by atoms with Crippen LogP contribution in [0.1, 0.15) is 36.5 Å². The van der Waals surface area contributed by atoms with Crippen molar-refractivity contribution in [2.45, 2.75) is 46.1 Å². The molecular formula is C18H29N3O. The van der Waals surface area contributed by atoms with Crippen molar-refractivity contribution in [2.24, 2.45) is 4.99 Å². The average Bonchev–Trinajstić information content (AvgIpc) is 2.46. The highest BCUT2D eigenvalue weighted by atomic mass is 16.3. The van der Waals surface area contributed by atoms with Crippen LogP contribution in [0.5, 0.6) is 0 Å². The van der Waals surface area contributed by atoms with Gasteiger partial charge in [0.2, 0.25) is 0 Å². The van der Waals surface area contributed by atoms with Crippen molar-refractivity contribution in [2.75, 3.05) is 26.2 Å². The van der Waals surface area contributed by atoms with Crippen LogP contribution < -0.4 is 5.32 Å². The van der Waals surface area contributed by atoms with E-state index in [1.165, 1.54) is 16.7 Å². The number of nitrogens with one attached hydrogen (secondary N) is 1. The minimum absolute atomic E-state index is 0.144. The summed E-state index contributed by atoms with van der Waals surface area (Å²) in [7, 11) is 0. The molecule has 4 heteroatoms. The maximum absolute atomic E-state index is 9.63. The fourth-order valence-corrected chi connectivity index (χ4v) is 3.01. The molecule has 0 radical (unpaired) electrons. The van der Waals surface area contributed by atoms with Crippen molar-refractivity contribution in [3.05, 3.63) is 34.9 Å². The molecule has 1 aromatic rings. The molecule has 1 heterocycles. The predicted octanol–water partition coefficient (Wildman–Crippen LogP) is 2.27. The lowest BCUT2D eigenvalue weighted by molar-refractivity contribution is 0.108. The number of nitrogens with zero attached hydrogens (tertiary/aromatic N) is 2. The van der Waals surface area contributed by atoms with Crippen LogP contribution in [0.3, 0.4) is 0 Å². The Labute approximate surface area is 134 Å². The van der Waals surface area contributed by atoms with Crippen LogP contribution in [0.25, 0.3) is 0 Å². The molecule has 1 fully saturated rings. The molecule has 1 aliphatic heterocycles. The summed E-state index contributed by atoms with van der Waals surface area (Å²) in [5, 5.41) is 13.0. The smallest absolute Gasteiger partial charge is 0.193 e. The van der Waals surface area contributed by atoms with Gasteiger partial charge in [0.1, 0.15) is 0 Å². The zero-order valence-corrected chi connectivity index (χ0v) is 14.1. The number of hydrogen-bond donors (Lipinski definition) is 2. The number of aliphatic hydroxyl groups is 1. The van der Waals surface area contributed by atoms with Gasteiger partial charge in [-0.1, -0.05) is 29.3 Å². The molecule has 0 spiro atoms. The number of aliphatic imine (C=N–C) groups is 1. The highest BCUT2D eigenvalue weighted by molar-refractivity contribution is 5.80. The van der Waals surface area contributed by atoms with E-state index in [-0.39, 0.29) is 6.10 Å². The van der Waals surface area contributed by atoms with Gasteiger partial charge in [-0.25, -0.2) is 0 Å². The van der Waals surface area contributed by atoms with Gasteiger partial charge < -0.3 is 15.3 Å². The van der Waals surface area contributed by atoms with Crippen LogP contribution in [0.4, 0.5) is 0 Å². The van der Waals surface area contributed by atoms with E-state index < -0.39 is 0 Å². The van der Waals surface area contributed by atoms with E-state index >= 15 is 0 Å². The van der Waals surface area contributed by atoms with Gasteiger partial charge in [-0.2, -0.15) is 0 Å². The van der Waals surface area contributed by atoms with Crippen LogP contribution >= 0.6 is 0 Å². The van der Waals surface area contributed by atoms with E-state index in [0.717, 1.165) is 51.4 Å². The van der Waals surface area contributed by atoms with Crippen molar-refractivity contribution in [1.82, 2.24) is 10.2 Å². The molecule has 0 amide bonds. The molecular weight excluding hydrogens is 274 g/mol. The van der Waals surface area contributed by atoms with Crippen LogP contribution in [-0.2, 0) is 6.42 Å². The van der Waals surface area contributed by atoms with Gasteiger partial charge >= 0.3 is 0 Å². The van der Waals surface area contributed by atoms with Crippen molar-refractivity contribution in [1.29, 1.82) is 0 Å². The molecule has 1 saturated heterocycles. The molecule has 122 valence electrons. The van der Waals surface area contributed by atoms with Crippen molar-refractivity contribution in [3.8, 4) is 0 Å². The topological polar surface area (TPSA) is 47.9 Å². The first-order valence-electron chi connectivity index (χ1n) is 8.37. The quantitative estimate of drug-likeness (QED) is 0.662.